The first kappa shape index (κ1) is 58.3. The number of hydrogen-bond donors (Lipinski definition) is 2. The molecule has 4 heterocycles. The zero-order valence-electron chi connectivity index (χ0n) is 44.8. The Bertz CT molecular complexity index is 3500. The Kier molecular flexibility index (Phi) is 18.1. The molecule has 0 aliphatic carbocycles. The lowest BCUT2D eigenvalue weighted by Gasteiger charge is -2.27. The van der Waals surface area contributed by atoms with Gasteiger partial charge in [-0.05, 0) is 98.8 Å². The Morgan fingerprint density at radius 1 is 0.440 bits per heavy atom. The number of aromatic nitrogens is 4. The summed E-state index contributed by atoms with van der Waals surface area (Å²) in [5.41, 5.74) is -5.19. The standard InChI is InChI=1S/2C31H26FN3O7/c2*1-31(32)25(42-28(38)22-15-9-4-10-16-22)23(19-40-27(37)21-13-7-3-8-14-21)41-29(31)35-18-17-24(34-30(35)39)33-26(36)20-11-5-2-6-12-20/h2*2-18,23,25,29H,19H2,1H3,(H,33,34,36,39)/t2*23-,25-,29+,31-/m10/s1. The molecule has 2 fully saturated rings. The molecule has 2 aromatic heterocycles. The van der Waals surface area contributed by atoms with Crippen LogP contribution in [-0.4, -0.2) is 104 Å². The molecule has 2 saturated heterocycles. The molecule has 0 bridgehead atoms. The molecule has 8 atom stereocenters. The first-order valence-corrected chi connectivity index (χ1v) is 26.0. The van der Waals surface area contributed by atoms with Crippen molar-refractivity contribution in [3.05, 3.63) is 261 Å². The van der Waals surface area contributed by atoms with Crippen molar-refractivity contribution in [3.63, 3.8) is 0 Å². The molecule has 2 aliphatic heterocycles. The van der Waals surface area contributed by atoms with Crippen molar-refractivity contribution in [1.82, 2.24) is 19.1 Å². The van der Waals surface area contributed by atoms with Gasteiger partial charge in [-0.15, -0.1) is 0 Å². The van der Waals surface area contributed by atoms with Gasteiger partial charge in [0.2, 0.25) is 0 Å². The maximum Gasteiger partial charge on any atom is 0.351 e. The molecular weight excluding hydrogens is 1090 g/mol. The number of amides is 2. The molecule has 20 nitrogen and oxygen atoms in total. The molecular formula is C62H52F2N6O14. The molecule has 22 heteroatoms. The van der Waals surface area contributed by atoms with Crippen LogP contribution in [0.3, 0.4) is 0 Å². The van der Waals surface area contributed by atoms with Gasteiger partial charge < -0.3 is 39.1 Å². The van der Waals surface area contributed by atoms with Crippen molar-refractivity contribution in [3.8, 4) is 0 Å². The predicted molar refractivity (Wildman–Crippen MR) is 297 cm³/mol. The number of hydrogen-bond acceptors (Lipinski definition) is 16. The van der Waals surface area contributed by atoms with Gasteiger partial charge in [0.05, 0.1) is 22.3 Å². The molecule has 2 N–H and O–H groups in total. The zero-order chi connectivity index (χ0) is 59.4. The van der Waals surface area contributed by atoms with Crippen LogP contribution in [0.4, 0.5) is 20.4 Å². The topological polar surface area (TPSA) is 252 Å². The van der Waals surface area contributed by atoms with Gasteiger partial charge in [0.1, 0.15) is 37.1 Å². The van der Waals surface area contributed by atoms with Crippen LogP contribution in [0.25, 0.3) is 0 Å². The van der Waals surface area contributed by atoms with E-state index in [1.54, 1.807) is 158 Å². The first-order chi connectivity index (χ1) is 40.5. The van der Waals surface area contributed by atoms with E-state index in [0.29, 0.717) is 11.1 Å². The molecule has 2 amide bonds. The number of nitrogens with one attached hydrogen (secondary N) is 2. The second kappa shape index (κ2) is 26.1. The molecule has 8 aromatic rings. The lowest BCUT2D eigenvalue weighted by Crippen LogP contribution is -2.45. The third kappa shape index (κ3) is 13.7. The van der Waals surface area contributed by atoms with Crippen molar-refractivity contribution in [2.45, 2.75) is 62.1 Å². The smallest absolute Gasteiger partial charge is 0.351 e. The van der Waals surface area contributed by atoms with E-state index in [9.17, 15) is 38.4 Å². The van der Waals surface area contributed by atoms with E-state index >= 15 is 8.78 Å². The first-order valence-electron chi connectivity index (χ1n) is 26.0. The monoisotopic (exact) mass is 1140 g/mol. The molecule has 0 unspecified atom stereocenters. The number of nitrogens with zero attached hydrogens (tertiary/aromatic N) is 4. The number of ether oxygens (including phenoxy) is 6. The Balaban J connectivity index is 0.000000202. The summed E-state index contributed by atoms with van der Waals surface area (Å²) < 4.78 is 68.4. The van der Waals surface area contributed by atoms with E-state index in [1.165, 1.54) is 48.8 Å². The maximum absolute atomic E-state index is 16.5. The largest absolute Gasteiger partial charge is 0.459 e. The fourth-order valence-corrected chi connectivity index (χ4v) is 9.08. The quantitative estimate of drug-likeness (QED) is 0.0680. The van der Waals surface area contributed by atoms with E-state index < -0.39 is 108 Å². The second-order valence-electron chi connectivity index (χ2n) is 19.3. The number of halogens is 2. The summed E-state index contributed by atoms with van der Waals surface area (Å²) in [4.78, 5) is 110. The Morgan fingerprint density at radius 2 is 0.714 bits per heavy atom. The Morgan fingerprint density at radius 3 is 1.00 bits per heavy atom. The molecule has 0 spiro atoms. The van der Waals surface area contributed by atoms with Crippen LogP contribution in [0.5, 0.6) is 0 Å². The summed E-state index contributed by atoms with van der Waals surface area (Å²) in [5.74, 6) is -4.09. The fourth-order valence-electron chi connectivity index (χ4n) is 9.08. The van der Waals surface area contributed by atoms with Gasteiger partial charge in [0.15, 0.2) is 36.0 Å². The van der Waals surface area contributed by atoms with E-state index in [1.807, 2.05) is 0 Å². The number of carbonyl (C=O) groups is 6. The molecule has 428 valence electrons. The average Bonchev–Trinajstić information content (AvgIpc) is 2.24. The predicted octanol–water partition coefficient (Wildman–Crippen LogP) is 8.41. The van der Waals surface area contributed by atoms with E-state index in [0.717, 1.165) is 23.0 Å². The summed E-state index contributed by atoms with van der Waals surface area (Å²) in [6, 6.07) is 51.6. The summed E-state index contributed by atoms with van der Waals surface area (Å²) in [6.07, 6.45) is -6.45. The minimum atomic E-state index is -2.46. The van der Waals surface area contributed by atoms with E-state index in [2.05, 4.69) is 20.6 Å². The van der Waals surface area contributed by atoms with Crippen LogP contribution in [0.1, 0.15) is 88.5 Å². The third-order valence-electron chi connectivity index (χ3n) is 13.3. The van der Waals surface area contributed by atoms with Gasteiger partial charge in [-0.1, -0.05) is 109 Å². The maximum atomic E-state index is 16.5. The Hall–Kier alpha value is -10.3. The average molecular weight is 1140 g/mol. The number of rotatable bonds is 16. The highest BCUT2D eigenvalue weighted by Gasteiger charge is 2.60. The lowest BCUT2D eigenvalue weighted by atomic mass is 9.98. The van der Waals surface area contributed by atoms with E-state index in [4.69, 9.17) is 28.4 Å². The highest BCUT2D eigenvalue weighted by Crippen LogP contribution is 2.44. The summed E-state index contributed by atoms with van der Waals surface area (Å²) in [7, 11) is 0. The van der Waals surface area contributed by atoms with Gasteiger partial charge in [-0.3, -0.25) is 18.7 Å². The summed E-state index contributed by atoms with van der Waals surface area (Å²) in [5, 5.41) is 5.05. The lowest BCUT2D eigenvalue weighted by molar-refractivity contribution is -0.0648. The van der Waals surface area contributed by atoms with Gasteiger partial charge >= 0.3 is 35.3 Å². The minimum Gasteiger partial charge on any atom is -0.459 e. The van der Waals surface area contributed by atoms with Crippen LogP contribution < -0.4 is 22.0 Å². The van der Waals surface area contributed by atoms with Crippen molar-refractivity contribution in [2.75, 3.05) is 23.8 Å². The SMILES string of the molecule is C[C@@]1(F)[C@H](OC(=O)c2ccccc2)[C@@H](COC(=O)c2ccccc2)O[C@@H]1n1ccc(NC(=O)c2ccccc2)nc1=O.C[C@]1(F)[C@@H](OC(=O)c2ccccc2)[C@H](COC(=O)c2ccccc2)O[C@H]1n1ccc(NC(=O)c2ccccc2)nc1=O. The van der Waals surface area contributed by atoms with Crippen molar-refractivity contribution >= 4 is 47.3 Å². The molecule has 6 aromatic carbocycles. The van der Waals surface area contributed by atoms with Gasteiger partial charge in [-0.2, -0.15) is 9.97 Å². The molecule has 0 saturated carbocycles. The molecule has 10 rings (SSSR count). The second-order valence-corrected chi connectivity index (χ2v) is 19.3. The fraction of sp³-hybridized carbons (Fsp3) is 0.194. The van der Waals surface area contributed by atoms with E-state index in [-0.39, 0.29) is 33.9 Å². The van der Waals surface area contributed by atoms with Gasteiger partial charge in [-0.25, -0.2) is 37.5 Å². The summed E-state index contributed by atoms with van der Waals surface area (Å²) in [6.45, 7) is 1.31. The molecule has 0 radical (unpaired) electrons. The van der Waals surface area contributed by atoms with Crippen LogP contribution >= 0.6 is 0 Å². The van der Waals surface area contributed by atoms with Crippen molar-refractivity contribution in [2.24, 2.45) is 0 Å². The number of carbonyl (C=O) groups excluding carboxylic acids is 6. The normalized spacial score (nSPS) is 21.3. The number of alkyl halides is 2. The number of anilines is 2. The van der Waals surface area contributed by atoms with Crippen LogP contribution in [0.2, 0.25) is 0 Å². The molecule has 84 heavy (non-hydrogen) atoms. The number of benzene rings is 6. The molecule has 2 aliphatic rings. The van der Waals surface area contributed by atoms with Crippen LogP contribution in [-0.2, 0) is 28.4 Å². The van der Waals surface area contributed by atoms with Crippen molar-refractivity contribution in [1.29, 1.82) is 0 Å². The van der Waals surface area contributed by atoms with Gasteiger partial charge in [0, 0.05) is 23.5 Å². The Labute approximate surface area is 477 Å². The highest BCUT2D eigenvalue weighted by atomic mass is 19.1. The van der Waals surface area contributed by atoms with Crippen LogP contribution in [0.15, 0.2) is 216 Å². The minimum absolute atomic E-state index is 0.0518. The van der Waals surface area contributed by atoms with Gasteiger partial charge in [0.25, 0.3) is 11.8 Å². The highest BCUT2D eigenvalue weighted by molar-refractivity contribution is 6.04. The van der Waals surface area contributed by atoms with Crippen molar-refractivity contribution < 1.29 is 66.0 Å². The summed E-state index contributed by atoms with van der Waals surface area (Å²) >= 11 is 0. The number of esters is 4. The van der Waals surface area contributed by atoms with Crippen LogP contribution in [0, 0.1) is 0 Å². The zero-order valence-corrected chi connectivity index (χ0v) is 44.8. The third-order valence-corrected chi connectivity index (χ3v) is 13.3.